The standard InChI is InChI=1S/C10H19N3O/c1-12-4-6-13(7-5-12)8-10(14)11-9-2-3-9/h9H,2-8H2,1H3,(H,11,14). The van der Waals surface area contributed by atoms with E-state index < -0.39 is 0 Å². The van der Waals surface area contributed by atoms with E-state index in [9.17, 15) is 4.79 Å². The van der Waals surface area contributed by atoms with E-state index in [2.05, 4.69) is 22.2 Å². The Morgan fingerprint density at radius 3 is 2.50 bits per heavy atom. The van der Waals surface area contributed by atoms with Gasteiger partial charge in [-0.1, -0.05) is 0 Å². The summed E-state index contributed by atoms with van der Waals surface area (Å²) >= 11 is 0. The first-order valence-corrected chi connectivity index (χ1v) is 5.44. The van der Waals surface area contributed by atoms with Crippen LogP contribution >= 0.6 is 0 Å². The van der Waals surface area contributed by atoms with Crippen molar-refractivity contribution >= 4 is 5.91 Å². The molecule has 0 aromatic carbocycles. The smallest absolute Gasteiger partial charge is 0.234 e. The summed E-state index contributed by atoms with van der Waals surface area (Å²) in [6.45, 7) is 4.79. The minimum Gasteiger partial charge on any atom is -0.352 e. The molecule has 1 saturated carbocycles. The largest absolute Gasteiger partial charge is 0.352 e. The molecule has 1 aliphatic heterocycles. The van der Waals surface area contributed by atoms with Gasteiger partial charge in [0.15, 0.2) is 0 Å². The molecule has 0 radical (unpaired) electrons. The molecule has 0 unspecified atom stereocenters. The van der Waals surface area contributed by atoms with Crippen molar-refractivity contribution in [3.8, 4) is 0 Å². The Bertz CT molecular complexity index is 207. The van der Waals surface area contributed by atoms with Crippen molar-refractivity contribution in [1.82, 2.24) is 15.1 Å². The van der Waals surface area contributed by atoms with Crippen LogP contribution in [0.2, 0.25) is 0 Å². The third-order valence-corrected chi connectivity index (χ3v) is 2.91. The predicted molar refractivity (Wildman–Crippen MR) is 55.1 cm³/mol. The number of amides is 1. The number of rotatable bonds is 3. The van der Waals surface area contributed by atoms with Crippen LogP contribution in [0.15, 0.2) is 0 Å². The summed E-state index contributed by atoms with van der Waals surface area (Å²) in [5, 5.41) is 3.02. The lowest BCUT2D eigenvalue weighted by atomic mass is 10.3. The molecule has 1 amide bonds. The molecule has 2 fully saturated rings. The molecule has 1 saturated heterocycles. The van der Waals surface area contributed by atoms with Crippen LogP contribution in [-0.4, -0.2) is 61.5 Å². The number of hydrogen-bond acceptors (Lipinski definition) is 3. The van der Waals surface area contributed by atoms with Crippen LogP contribution in [0, 0.1) is 0 Å². The Kier molecular flexibility index (Phi) is 3.03. The van der Waals surface area contributed by atoms with Crippen molar-refractivity contribution in [3.63, 3.8) is 0 Å². The summed E-state index contributed by atoms with van der Waals surface area (Å²) in [5.41, 5.74) is 0. The second-order valence-corrected chi connectivity index (χ2v) is 4.42. The first kappa shape index (κ1) is 9.93. The second-order valence-electron chi connectivity index (χ2n) is 4.42. The summed E-state index contributed by atoms with van der Waals surface area (Å²) in [6.07, 6.45) is 2.35. The average Bonchev–Trinajstić information content (AvgIpc) is 2.93. The first-order chi connectivity index (χ1) is 6.74. The van der Waals surface area contributed by atoms with Gasteiger partial charge in [0.25, 0.3) is 0 Å². The lowest BCUT2D eigenvalue weighted by Crippen LogP contribution is -2.48. The molecule has 0 bridgehead atoms. The van der Waals surface area contributed by atoms with Gasteiger partial charge in [-0.05, 0) is 19.9 Å². The number of hydrogen-bond donors (Lipinski definition) is 1. The van der Waals surface area contributed by atoms with Gasteiger partial charge in [0.2, 0.25) is 5.91 Å². The third kappa shape index (κ3) is 2.96. The van der Waals surface area contributed by atoms with Crippen LogP contribution in [0.1, 0.15) is 12.8 Å². The van der Waals surface area contributed by atoms with Gasteiger partial charge in [0, 0.05) is 32.2 Å². The van der Waals surface area contributed by atoms with Crippen LogP contribution < -0.4 is 5.32 Å². The summed E-state index contributed by atoms with van der Waals surface area (Å²) in [4.78, 5) is 16.0. The van der Waals surface area contributed by atoms with Gasteiger partial charge >= 0.3 is 0 Å². The zero-order chi connectivity index (χ0) is 9.97. The summed E-state index contributed by atoms with van der Waals surface area (Å²) in [7, 11) is 2.13. The van der Waals surface area contributed by atoms with Crippen LogP contribution in [0.25, 0.3) is 0 Å². The molecule has 1 aliphatic carbocycles. The minimum atomic E-state index is 0.206. The monoisotopic (exact) mass is 197 g/mol. The van der Waals surface area contributed by atoms with E-state index in [1.165, 1.54) is 12.8 Å². The zero-order valence-electron chi connectivity index (χ0n) is 8.83. The van der Waals surface area contributed by atoms with Gasteiger partial charge in [-0.3, -0.25) is 9.69 Å². The van der Waals surface area contributed by atoms with Crippen molar-refractivity contribution in [2.75, 3.05) is 39.8 Å². The topological polar surface area (TPSA) is 35.6 Å². The lowest BCUT2D eigenvalue weighted by Gasteiger charge is -2.31. The quantitative estimate of drug-likeness (QED) is 0.663. The minimum absolute atomic E-state index is 0.206. The maximum absolute atomic E-state index is 11.5. The Hall–Kier alpha value is -0.610. The van der Waals surface area contributed by atoms with E-state index in [4.69, 9.17) is 0 Å². The molecule has 0 aromatic rings. The second kappa shape index (κ2) is 4.28. The highest BCUT2D eigenvalue weighted by molar-refractivity contribution is 5.78. The van der Waals surface area contributed by atoms with E-state index >= 15 is 0 Å². The fourth-order valence-corrected chi connectivity index (χ4v) is 1.71. The van der Waals surface area contributed by atoms with Crippen LogP contribution in [0.4, 0.5) is 0 Å². The summed E-state index contributed by atoms with van der Waals surface area (Å²) < 4.78 is 0. The highest BCUT2D eigenvalue weighted by Gasteiger charge is 2.24. The number of likely N-dealkylation sites (N-methyl/N-ethyl adjacent to an activating group) is 1. The Morgan fingerprint density at radius 1 is 1.29 bits per heavy atom. The number of nitrogens with zero attached hydrogens (tertiary/aromatic N) is 2. The Morgan fingerprint density at radius 2 is 1.93 bits per heavy atom. The molecule has 4 heteroatoms. The molecule has 2 aliphatic rings. The highest BCUT2D eigenvalue weighted by atomic mass is 16.2. The van der Waals surface area contributed by atoms with Crippen LogP contribution in [0.5, 0.6) is 0 Å². The predicted octanol–water partition coefficient (Wildman–Crippen LogP) is -0.488. The third-order valence-electron chi connectivity index (χ3n) is 2.91. The molecule has 0 aromatic heterocycles. The maximum Gasteiger partial charge on any atom is 0.234 e. The highest BCUT2D eigenvalue weighted by Crippen LogP contribution is 2.18. The molecule has 1 N–H and O–H groups in total. The van der Waals surface area contributed by atoms with E-state index in [0.29, 0.717) is 12.6 Å². The SMILES string of the molecule is CN1CCN(CC(=O)NC2CC2)CC1. The fraction of sp³-hybridized carbons (Fsp3) is 0.900. The zero-order valence-corrected chi connectivity index (χ0v) is 8.83. The van der Waals surface area contributed by atoms with Crippen molar-refractivity contribution in [2.24, 2.45) is 0 Å². The van der Waals surface area contributed by atoms with Crippen molar-refractivity contribution in [1.29, 1.82) is 0 Å². The van der Waals surface area contributed by atoms with E-state index in [-0.39, 0.29) is 5.91 Å². The van der Waals surface area contributed by atoms with Crippen LogP contribution in [-0.2, 0) is 4.79 Å². The Labute approximate surface area is 85.2 Å². The molecule has 2 rings (SSSR count). The normalized spacial score (nSPS) is 24.9. The summed E-state index contributed by atoms with van der Waals surface area (Å²) in [5.74, 6) is 0.206. The van der Waals surface area contributed by atoms with Gasteiger partial charge in [-0.25, -0.2) is 0 Å². The maximum atomic E-state index is 11.5. The first-order valence-electron chi connectivity index (χ1n) is 5.44. The molecular formula is C10H19N3O. The molecule has 4 nitrogen and oxygen atoms in total. The van der Waals surface area contributed by atoms with E-state index in [0.717, 1.165) is 26.2 Å². The average molecular weight is 197 g/mol. The number of nitrogens with one attached hydrogen (secondary N) is 1. The molecule has 0 atom stereocenters. The molecule has 14 heavy (non-hydrogen) atoms. The lowest BCUT2D eigenvalue weighted by molar-refractivity contribution is -0.122. The van der Waals surface area contributed by atoms with Gasteiger partial charge in [-0.2, -0.15) is 0 Å². The van der Waals surface area contributed by atoms with Gasteiger partial charge in [0.1, 0.15) is 0 Å². The van der Waals surface area contributed by atoms with E-state index in [1.807, 2.05) is 0 Å². The summed E-state index contributed by atoms with van der Waals surface area (Å²) in [6, 6.07) is 0.495. The molecule has 80 valence electrons. The van der Waals surface area contributed by atoms with Gasteiger partial charge in [0.05, 0.1) is 6.54 Å². The van der Waals surface area contributed by atoms with Crippen LogP contribution in [0.3, 0.4) is 0 Å². The Balaban J connectivity index is 1.66. The fourth-order valence-electron chi connectivity index (χ4n) is 1.71. The molecule has 1 heterocycles. The van der Waals surface area contributed by atoms with Gasteiger partial charge in [-0.15, -0.1) is 0 Å². The number of piperazine rings is 1. The number of carbonyl (C=O) groups is 1. The number of carbonyl (C=O) groups excluding carboxylic acids is 1. The van der Waals surface area contributed by atoms with Crippen molar-refractivity contribution in [3.05, 3.63) is 0 Å². The van der Waals surface area contributed by atoms with Gasteiger partial charge < -0.3 is 10.2 Å². The van der Waals surface area contributed by atoms with Crippen molar-refractivity contribution in [2.45, 2.75) is 18.9 Å². The molecular weight excluding hydrogens is 178 g/mol. The molecule has 0 spiro atoms. The van der Waals surface area contributed by atoms with E-state index in [1.54, 1.807) is 0 Å². The van der Waals surface area contributed by atoms with Crippen molar-refractivity contribution < 1.29 is 4.79 Å².